The SMILES string of the molecule is [N]c1nc2cc(Br)ccc2s1. The van der Waals surface area contributed by atoms with Crippen molar-refractivity contribution in [2.45, 2.75) is 0 Å². The van der Waals surface area contributed by atoms with E-state index in [1.165, 1.54) is 11.3 Å². The summed E-state index contributed by atoms with van der Waals surface area (Å²) < 4.78 is 1.99. The summed E-state index contributed by atoms with van der Waals surface area (Å²) in [5, 5.41) is 0.123. The van der Waals surface area contributed by atoms with Gasteiger partial charge in [0, 0.05) is 4.47 Å². The smallest absolute Gasteiger partial charge is 0.217 e. The number of hydrogen-bond acceptors (Lipinski definition) is 2. The number of benzene rings is 1. The molecule has 2 aromatic rings. The zero-order valence-electron chi connectivity index (χ0n) is 5.41. The number of aromatic nitrogens is 1. The lowest BCUT2D eigenvalue weighted by atomic mass is 10.3. The molecule has 0 bridgehead atoms. The van der Waals surface area contributed by atoms with E-state index >= 15 is 0 Å². The number of rotatable bonds is 0. The minimum absolute atomic E-state index is 0.123. The van der Waals surface area contributed by atoms with Crippen molar-refractivity contribution in [1.29, 1.82) is 0 Å². The maximum Gasteiger partial charge on any atom is 0.231 e. The number of nitrogens with zero attached hydrogens (tertiary/aromatic N) is 2. The first-order valence-corrected chi connectivity index (χ1v) is 4.62. The molecule has 0 fully saturated rings. The summed E-state index contributed by atoms with van der Waals surface area (Å²) in [6.07, 6.45) is 0. The van der Waals surface area contributed by atoms with Gasteiger partial charge in [-0.05, 0) is 18.2 Å². The van der Waals surface area contributed by atoms with Gasteiger partial charge >= 0.3 is 0 Å². The molecule has 2 nitrogen and oxygen atoms in total. The van der Waals surface area contributed by atoms with Gasteiger partial charge < -0.3 is 0 Å². The third kappa shape index (κ3) is 1.23. The standard InChI is InChI=1S/C7H3BrN2S/c8-4-1-2-6-5(3-4)10-7(9)11-6/h1-3H. The lowest BCUT2D eigenvalue weighted by Gasteiger charge is -1.86. The van der Waals surface area contributed by atoms with Crippen molar-refractivity contribution in [3.63, 3.8) is 0 Å². The Bertz CT molecular complexity index is 396. The van der Waals surface area contributed by atoms with Crippen LogP contribution in [0.1, 0.15) is 0 Å². The first-order chi connectivity index (χ1) is 5.25. The maximum atomic E-state index is 9.04. The second-order valence-electron chi connectivity index (χ2n) is 2.11. The molecule has 0 saturated heterocycles. The molecule has 0 aliphatic heterocycles. The third-order valence-electron chi connectivity index (χ3n) is 1.34. The van der Waals surface area contributed by atoms with Crippen LogP contribution in [0.25, 0.3) is 10.2 Å². The first-order valence-electron chi connectivity index (χ1n) is 3.01. The van der Waals surface area contributed by atoms with Crippen LogP contribution in [0.3, 0.4) is 0 Å². The topological polar surface area (TPSA) is 35.2 Å². The van der Waals surface area contributed by atoms with Crippen LogP contribution in [0.15, 0.2) is 22.7 Å². The van der Waals surface area contributed by atoms with Gasteiger partial charge in [0.25, 0.3) is 0 Å². The van der Waals surface area contributed by atoms with E-state index in [1.807, 2.05) is 18.2 Å². The average Bonchev–Trinajstić information content (AvgIpc) is 2.27. The van der Waals surface area contributed by atoms with Crippen LogP contribution >= 0.6 is 27.3 Å². The van der Waals surface area contributed by atoms with Crippen molar-refractivity contribution < 1.29 is 0 Å². The largest absolute Gasteiger partial charge is 0.231 e. The van der Waals surface area contributed by atoms with Gasteiger partial charge in [-0.1, -0.05) is 27.3 Å². The van der Waals surface area contributed by atoms with Crippen molar-refractivity contribution in [2.24, 2.45) is 0 Å². The number of thiazole rings is 1. The van der Waals surface area contributed by atoms with E-state index in [0.717, 1.165) is 14.7 Å². The van der Waals surface area contributed by atoms with Crippen molar-refractivity contribution >= 4 is 42.6 Å². The van der Waals surface area contributed by atoms with Gasteiger partial charge in [-0.15, -0.1) is 5.73 Å². The van der Waals surface area contributed by atoms with E-state index in [1.54, 1.807) is 0 Å². The fraction of sp³-hybridized carbons (Fsp3) is 0. The Morgan fingerprint density at radius 3 is 3.09 bits per heavy atom. The lowest BCUT2D eigenvalue weighted by Crippen LogP contribution is -1.67. The molecule has 0 spiro atoms. The molecule has 2 radical (unpaired) electrons. The van der Waals surface area contributed by atoms with Crippen molar-refractivity contribution in [3.8, 4) is 0 Å². The normalized spacial score (nSPS) is 10.6. The van der Waals surface area contributed by atoms with Crippen LogP contribution in [0.5, 0.6) is 0 Å². The van der Waals surface area contributed by atoms with Crippen LogP contribution in [0, 0.1) is 0 Å². The minimum atomic E-state index is 0.123. The summed E-state index contributed by atoms with van der Waals surface area (Å²) in [6.45, 7) is 0. The number of halogens is 1. The van der Waals surface area contributed by atoms with Crippen molar-refractivity contribution in [2.75, 3.05) is 0 Å². The van der Waals surface area contributed by atoms with Gasteiger partial charge in [0.15, 0.2) is 0 Å². The molecule has 0 aliphatic rings. The van der Waals surface area contributed by atoms with Crippen LogP contribution in [-0.2, 0) is 0 Å². The van der Waals surface area contributed by atoms with E-state index in [2.05, 4.69) is 20.9 Å². The van der Waals surface area contributed by atoms with E-state index < -0.39 is 0 Å². The lowest BCUT2D eigenvalue weighted by molar-refractivity contribution is 1.38. The van der Waals surface area contributed by atoms with Crippen LogP contribution in [0.4, 0.5) is 5.13 Å². The molecule has 1 heterocycles. The maximum absolute atomic E-state index is 9.04. The van der Waals surface area contributed by atoms with Crippen molar-refractivity contribution in [1.82, 2.24) is 10.7 Å². The zero-order valence-corrected chi connectivity index (χ0v) is 7.82. The Labute approximate surface area is 76.2 Å². The Morgan fingerprint density at radius 2 is 2.27 bits per heavy atom. The average molecular weight is 227 g/mol. The summed E-state index contributed by atoms with van der Waals surface area (Å²) in [6, 6.07) is 5.74. The molecule has 1 aromatic heterocycles. The van der Waals surface area contributed by atoms with Gasteiger partial charge in [0.05, 0.1) is 10.2 Å². The minimum Gasteiger partial charge on any atom is -0.217 e. The monoisotopic (exact) mass is 226 g/mol. The summed E-state index contributed by atoms with van der Waals surface area (Å²) >= 11 is 4.61. The molecular formula is C7H3BrN2S. The molecular weight excluding hydrogens is 224 g/mol. The number of fused-ring (bicyclic) bond motifs is 1. The molecule has 11 heavy (non-hydrogen) atoms. The van der Waals surface area contributed by atoms with E-state index in [9.17, 15) is 0 Å². The van der Waals surface area contributed by atoms with Crippen LogP contribution < -0.4 is 5.73 Å². The number of hydrogen-bond donors (Lipinski definition) is 0. The Balaban J connectivity index is 2.82. The molecule has 54 valence electrons. The highest BCUT2D eigenvalue weighted by Gasteiger charge is 2.00. The predicted molar refractivity (Wildman–Crippen MR) is 49.1 cm³/mol. The molecule has 4 heteroatoms. The fourth-order valence-corrected chi connectivity index (χ4v) is 1.92. The second kappa shape index (κ2) is 2.46. The van der Waals surface area contributed by atoms with E-state index in [-0.39, 0.29) is 5.13 Å². The highest BCUT2D eigenvalue weighted by atomic mass is 79.9. The Hall–Kier alpha value is -0.610. The van der Waals surface area contributed by atoms with Gasteiger partial charge in [0.1, 0.15) is 0 Å². The van der Waals surface area contributed by atoms with E-state index in [4.69, 9.17) is 5.73 Å². The Kier molecular flexibility index (Phi) is 1.58. The van der Waals surface area contributed by atoms with Crippen molar-refractivity contribution in [3.05, 3.63) is 22.7 Å². The molecule has 1 aromatic carbocycles. The molecule has 2 rings (SSSR count). The molecule has 0 unspecified atom stereocenters. The summed E-state index contributed by atoms with van der Waals surface area (Å²) in [5.41, 5.74) is 9.87. The predicted octanol–water partition coefficient (Wildman–Crippen LogP) is 2.76. The fourth-order valence-electron chi connectivity index (χ4n) is 0.888. The highest BCUT2D eigenvalue weighted by Crippen LogP contribution is 2.26. The quantitative estimate of drug-likeness (QED) is 0.681. The summed E-state index contributed by atoms with van der Waals surface area (Å²) in [7, 11) is 0. The van der Waals surface area contributed by atoms with Crippen LogP contribution in [-0.4, -0.2) is 4.98 Å². The summed E-state index contributed by atoms with van der Waals surface area (Å²) in [4.78, 5) is 3.92. The molecule has 0 saturated carbocycles. The van der Waals surface area contributed by atoms with Gasteiger partial charge in [-0.3, -0.25) is 0 Å². The molecule has 0 atom stereocenters. The van der Waals surface area contributed by atoms with Crippen LogP contribution in [0.2, 0.25) is 0 Å². The first kappa shape index (κ1) is 7.06. The molecule has 0 N–H and O–H groups in total. The zero-order chi connectivity index (χ0) is 7.84. The second-order valence-corrected chi connectivity index (χ2v) is 4.03. The van der Waals surface area contributed by atoms with Gasteiger partial charge in [-0.25, -0.2) is 4.98 Å². The molecule has 0 amide bonds. The Morgan fingerprint density at radius 1 is 1.45 bits per heavy atom. The summed E-state index contributed by atoms with van der Waals surface area (Å²) in [5.74, 6) is 0. The molecule has 0 aliphatic carbocycles. The van der Waals surface area contributed by atoms with E-state index in [0.29, 0.717) is 0 Å². The highest BCUT2D eigenvalue weighted by molar-refractivity contribution is 9.10. The third-order valence-corrected chi connectivity index (χ3v) is 2.67. The van der Waals surface area contributed by atoms with Gasteiger partial charge in [-0.2, -0.15) is 0 Å². The van der Waals surface area contributed by atoms with Gasteiger partial charge in [0.2, 0.25) is 5.13 Å².